The molecule has 2 fully saturated rings. The molecular formula is C13H23N5. The summed E-state index contributed by atoms with van der Waals surface area (Å²) in [5, 5.41) is 0. The molecule has 3 N–H and O–H groups in total. The average Bonchev–Trinajstić information content (AvgIpc) is 3.02. The summed E-state index contributed by atoms with van der Waals surface area (Å²) in [6, 6.07) is 1.17. The van der Waals surface area contributed by atoms with Gasteiger partial charge in [0.25, 0.3) is 0 Å². The van der Waals surface area contributed by atoms with E-state index >= 15 is 0 Å². The Kier molecular flexibility index (Phi) is 3.63. The van der Waals surface area contributed by atoms with Gasteiger partial charge in [0, 0.05) is 43.6 Å². The predicted molar refractivity (Wildman–Crippen MR) is 71.1 cm³/mol. The van der Waals surface area contributed by atoms with E-state index in [1.807, 2.05) is 6.20 Å². The van der Waals surface area contributed by atoms with E-state index < -0.39 is 0 Å². The zero-order valence-corrected chi connectivity index (χ0v) is 10.9. The fraction of sp³-hybridized carbons (Fsp3) is 0.769. The number of aromatic amines is 1. The van der Waals surface area contributed by atoms with Crippen LogP contribution >= 0.6 is 0 Å². The first-order valence-electron chi connectivity index (χ1n) is 7.00. The van der Waals surface area contributed by atoms with Crippen LogP contribution < -0.4 is 5.73 Å². The molecule has 100 valence electrons. The van der Waals surface area contributed by atoms with Gasteiger partial charge in [-0.2, -0.15) is 0 Å². The second-order valence-electron chi connectivity index (χ2n) is 5.63. The quantitative estimate of drug-likeness (QED) is 0.814. The number of nitrogens with zero attached hydrogens (tertiary/aromatic N) is 3. The van der Waals surface area contributed by atoms with Gasteiger partial charge in [-0.15, -0.1) is 0 Å². The van der Waals surface area contributed by atoms with Gasteiger partial charge in [-0.3, -0.25) is 9.80 Å². The molecule has 0 aliphatic carbocycles. The van der Waals surface area contributed by atoms with Gasteiger partial charge >= 0.3 is 0 Å². The molecule has 0 bridgehead atoms. The Morgan fingerprint density at radius 1 is 1.28 bits per heavy atom. The van der Waals surface area contributed by atoms with Gasteiger partial charge < -0.3 is 10.7 Å². The number of rotatable bonds is 3. The minimum atomic E-state index is 0.434. The highest BCUT2D eigenvalue weighted by Crippen LogP contribution is 2.20. The summed E-state index contributed by atoms with van der Waals surface area (Å²) in [4.78, 5) is 12.4. The van der Waals surface area contributed by atoms with Gasteiger partial charge in [-0.05, 0) is 32.4 Å². The average molecular weight is 249 g/mol. The Labute approximate surface area is 108 Å². The van der Waals surface area contributed by atoms with E-state index in [0.717, 1.165) is 25.4 Å². The third-order valence-corrected chi connectivity index (χ3v) is 4.29. The monoisotopic (exact) mass is 249 g/mol. The van der Waals surface area contributed by atoms with E-state index in [4.69, 9.17) is 5.73 Å². The fourth-order valence-corrected chi connectivity index (χ4v) is 3.15. The Morgan fingerprint density at radius 3 is 2.83 bits per heavy atom. The second kappa shape index (κ2) is 5.38. The summed E-state index contributed by atoms with van der Waals surface area (Å²) in [7, 11) is 0. The van der Waals surface area contributed by atoms with E-state index in [9.17, 15) is 0 Å². The van der Waals surface area contributed by atoms with Crippen LogP contribution in [0.1, 0.15) is 25.0 Å². The minimum Gasteiger partial charge on any atom is -0.347 e. The molecule has 0 aromatic carbocycles. The second-order valence-corrected chi connectivity index (χ2v) is 5.63. The molecule has 2 saturated heterocycles. The normalized spacial score (nSPS) is 27.9. The van der Waals surface area contributed by atoms with E-state index in [1.165, 1.54) is 38.3 Å². The molecule has 3 rings (SSSR count). The van der Waals surface area contributed by atoms with Crippen molar-refractivity contribution in [3.05, 3.63) is 18.2 Å². The smallest absolute Gasteiger partial charge is 0.0922 e. The number of likely N-dealkylation sites (tertiary alicyclic amines) is 2. The fourth-order valence-electron chi connectivity index (χ4n) is 3.15. The number of nitrogens with one attached hydrogen (secondary N) is 1. The van der Waals surface area contributed by atoms with Crippen molar-refractivity contribution in [2.45, 2.75) is 37.9 Å². The Morgan fingerprint density at radius 2 is 2.11 bits per heavy atom. The van der Waals surface area contributed by atoms with Gasteiger partial charge in [0.2, 0.25) is 0 Å². The lowest BCUT2D eigenvalue weighted by molar-refractivity contribution is 0.151. The van der Waals surface area contributed by atoms with Gasteiger partial charge in [0.1, 0.15) is 0 Å². The number of piperidine rings is 1. The zero-order chi connectivity index (χ0) is 12.4. The van der Waals surface area contributed by atoms with E-state index in [2.05, 4.69) is 19.8 Å². The lowest BCUT2D eigenvalue weighted by Crippen LogP contribution is -2.46. The van der Waals surface area contributed by atoms with Gasteiger partial charge in [0.15, 0.2) is 0 Å². The van der Waals surface area contributed by atoms with Crippen molar-refractivity contribution in [3.63, 3.8) is 0 Å². The van der Waals surface area contributed by atoms with Crippen LogP contribution in [0.15, 0.2) is 12.5 Å². The predicted octanol–water partition coefficient (Wildman–Crippen LogP) is 0.407. The van der Waals surface area contributed by atoms with Crippen LogP contribution in [-0.2, 0) is 6.54 Å². The largest absolute Gasteiger partial charge is 0.347 e. The summed E-state index contributed by atoms with van der Waals surface area (Å²) in [5.41, 5.74) is 7.18. The minimum absolute atomic E-state index is 0.434. The molecule has 0 radical (unpaired) electrons. The first-order valence-corrected chi connectivity index (χ1v) is 7.00. The Balaban J connectivity index is 1.49. The van der Waals surface area contributed by atoms with Gasteiger partial charge in [-0.25, -0.2) is 4.98 Å². The summed E-state index contributed by atoms with van der Waals surface area (Å²) in [6.45, 7) is 5.76. The van der Waals surface area contributed by atoms with Crippen LogP contribution in [-0.4, -0.2) is 58.0 Å². The van der Waals surface area contributed by atoms with Crippen molar-refractivity contribution in [3.8, 4) is 0 Å². The number of aromatic nitrogens is 2. The number of H-pyrrole nitrogens is 1. The highest BCUT2D eigenvalue weighted by molar-refractivity contribution is 4.96. The lowest BCUT2D eigenvalue weighted by Gasteiger charge is -2.34. The molecule has 1 atom stereocenters. The maximum absolute atomic E-state index is 5.97. The standard InChI is InChI=1S/C13H23N5/c14-11-1-5-18(6-2-11)13-3-4-17(9-13)8-12-7-15-10-16-12/h7,10-11,13H,1-6,8-9,14H2,(H,15,16). The number of hydrogen-bond acceptors (Lipinski definition) is 4. The van der Waals surface area contributed by atoms with Crippen LogP contribution in [0.3, 0.4) is 0 Å². The summed E-state index contributed by atoms with van der Waals surface area (Å²) < 4.78 is 0. The Hall–Kier alpha value is -0.910. The highest BCUT2D eigenvalue weighted by atomic mass is 15.3. The number of nitrogens with two attached hydrogens (primary N) is 1. The maximum Gasteiger partial charge on any atom is 0.0922 e. The summed E-state index contributed by atoms with van der Waals surface area (Å²) >= 11 is 0. The summed E-state index contributed by atoms with van der Waals surface area (Å²) in [5.74, 6) is 0. The third kappa shape index (κ3) is 2.74. The molecule has 2 aliphatic heterocycles. The first-order chi connectivity index (χ1) is 8.81. The molecule has 5 heteroatoms. The van der Waals surface area contributed by atoms with Crippen molar-refractivity contribution < 1.29 is 0 Å². The molecule has 0 amide bonds. The third-order valence-electron chi connectivity index (χ3n) is 4.29. The molecule has 1 aromatic heterocycles. The van der Waals surface area contributed by atoms with Crippen molar-refractivity contribution >= 4 is 0 Å². The van der Waals surface area contributed by atoms with Crippen molar-refractivity contribution in [2.24, 2.45) is 5.73 Å². The van der Waals surface area contributed by atoms with Crippen LogP contribution in [0, 0.1) is 0 Å². The highest BCUT2D eigenvalue weighted by Gasteiger charge is 2.29. The molecule has 18 heavy (non-hydrogen) atoms. The van der Waals surface area contributed by atoms with E-state index in [-0.39, 0.29) is 0 Å². The molecule has 0 saturated carbocycles. The first kappa shape index (κ1) is 12.1. The van der Waals surface area contributed by atoms with Crippen molar-refractivity contribution in [1.82, 2.24) is 19.8 Å². The van der Waals surface area contributed by atoms with Crippen LogP contribution in [0.2, 0.25) is 0 Å². The molecule has 1 unspecified atom stereocenters. The van der Waals surface area contributed by atoms with Crippen LogP contribution in [0.25, 0.3) is 0 Å². The molecule has 2 aliphatic rings. The molecule has 0 spiro atoms. The van der Waals surface area contributed by atoms with E-state index in [0.29, 0.717) is 6.04 Å². The van der Waals surface area contributed by atoms with Crippen molar-refractivity contribution in [1.29, 1.82) is 0 Å². The SMILES string of the molecule is NC1CCN(C2CCN(Cc3cnc[nH]3)C2)CC1. The lowest BCUT2D eigenvalue weighted by atomic mass is 10.0. The topological polar surface area (TPSA) is 61.2 Å². The van der Waals surface area contributed by atoms with Crippen molar-refractivity contribution in [2.75, 3.05) is 26.2 Å². The van der Waals surface area contributed by atoms with E-state index in [1.54, 1.807) is 6.33 Å². The molecule has 1 aromatic rings. The zero-order valence-electron chi connectivity index (χ0n) is 10.9. The van der Waals surface area contributed by atoms with Gasteiger partial charge in [-0.1, -0.05) is 0 Å². The van der Waals surface area contributed by atoms with Crippen LogP contribution in [0.4, 0.5) is 0 Å². The maximum atomic E-state index is 5.97. The molecular weight excluding hydrogens is 226 g/mol. The molecule has 5 nitrogen and oxygen atoms in total. The Bertz CT molecular complexity index is 355. The van der Waals surface area contributed by atoms with Crippen LogP contribution in [0.5, 0.6) is 0 Å². The number of imidazole rings is 1. The van der Waals surface area contributed by atoms with Gasteiger partial charge in [0.05, 0.1) is 6.33 Å². The number of hydrogen-bond donors (Lipinski definition) is 2. The molecule has 3 heterocycles. The summed E-state index contributed by atoms with van der Waals surface area (Å²) in [6.07, 6.45) is 7.31.